The average molecular weight is 243 g/mol. The number of hydrogen-bond acceptors (Lipinski definition) is 6. The first-order valence-corrected chi connectivity index (χ1v) is 6.30. The van der Waals surface area contributed by atoms with Crippen molar-refractivity contribution in [3.05, 3.63) is 5.82 Å². The average Bonchev–Trinajstić information content (AvgIpc) is 2.76. The number of ether oxygens (including phenoxy) is 2. The number of rotatable bonds is 4. The van der Waals surface area contributed by atoms with E-state index in [9.17, 15) is 0 Å². The highest BCUT2D eigenvalue weighted by Crippen LogP contribution is 2.21. The van der Waals surface area contributed by atoms with Gasteiger partial charge in [-0.15, -0.1) is 0 Å². The standard InChI is InChI=1S/C10H17N3O2S/c1-7(2)5-11-10-12-9(13-16-10)8-6-14-3-4-15-8/h7-8H,3-6H2,1-2H3,(H,11,12,13). The molecule has 1 aliphatic heterocycles. The maximum Gasteiger partial charge on any atom is 0.202 e. The molecule has 0 aromatic carbocycles. The monoisotopic (exact) mass is 243 g/mol. The van der Waals surface area contributed by atoms with E-state index < -0.39 is 0 Å². The van der Waals surface area contributed by atoms with Crippen LogP contribution in [0.1, 0.15) is 25.8 Å². The van der Waals surface area contributed by atoms with Crippen LogP contribution in [0.3, 0.4) is 0 Å². The van der Waals surface area contributed by atoms with Gasteiger partial charge in [0, 0.05) is 18.1 Å². The van der Waals surface area contributed by atoms with E-state index in [4.69, 9.17) is 9.47 Å². The second kappa shape index (κ2) is 5.56. The van der Waals surface area contributed by atoms with Crippen LogP contribution in [-0.4, -0.2) is 35.7 Å². The van der Waals surface area contributed by atoms with Crippen LogP contribution in [0.5, 0.6) is 0 Å². The van der Waals surface area contributed by atoms with Crippen molar-refractivity contribution in [2.45, 2.75) is 20.0 Å². The zero-order valence-electron chi connectivity index (χ0n) is 9.60. The molecule has 0 amide bonds. The molecule has 1 aromatic rings. The van der Waals surface area contributed by atoms with Crippen LogP contribution in [0.25, 0.3) is 0 Å². The van der Waals surface area contributed by atoms with Gasteiger partial charge in [-0.2, -0.15) is 4.37 Å². The summed E-state index contributed by atoms with van der Waals surface area (Å²) in [4.78, 5) is 4.40. The third-order valence-electron chi connectivity index (χ3n) is 2.21. The lowest BCUT2D eigenvalue weighted by molar-refractivity contribution is -0.0930. The van der Waals surface area contributed by atoms with E-state index in [-0.39, 0.29) is 6.10 Å². The molecule has 0 saturated carbocycles. The van der Waals surface area contributed by atoms with Crippen molar-refractivity contribution in [1.29, 1.82) is 0 Å². The zero-order valence-corrected chi connectivity index (χ0v) is 10.4. The molecule has 1 atom stereocenters. The van der Waals surface area contributed by atoms with E-state index in [0.717, 1.165) is 17.5 Å². The molecule has 1 unspecified atom stereocenters. The smallest absolute Gasteiger partial charge is 0.202 e. The van der Waals surface area contributed by atoms with Crippen LogP contribution in [0, 0.1) is 5.92 Å². The third-order valence-corrected chi connectivity index (χ3v) is 2.89. The molecule has 1 saturated heterocycles. The summed E-state index contributed by atoms with van der Waals surface area (Å²) in [6, 6.07) is 0. The Morgan fingerprint density at radius 1 is 1.50 bits per heavy atom. The molecule has 0 radical (unpaired) electrons. The van der Waals surface area contributed by atoms with Crippen molar-refractivity contribution in [2.75, 3.05) is 31.7 Å². The van der Waals surface area contributed by atoms with Gasteiger partial charge in [0.15, 0.2) is 5.82 Å². The van der Waals surface area contributed by atoms with E-state index in [1.54, 1.807) is 0 Å². The Bertz CT molecular complexity index is 324. The van der Waals surface area contributed by atoms with E-state index in [0.29, 0.717) is 25.7 Å². The van der Waals surface area contributed by atoms with Crippen LogP contribution in [0.2, 0.25) is 0 Å². The fourth-order valence-corrected chi connectivity index (χ4v) is 1.99. The molecule has 1 aromatic heterocycles. The molecule has 5 nitrogen and oxygen atoms in total. The Hall–Kier alpha value is -0.720. The van der Waals surface area contributed by atoms with E-state index >= 15 is 0 Å². The predicted molar refractivity (Wildman–Crippen MR) is 62.7 cm³/mol. The van der Waals surface area contributed by atoms with Gasteiger partial charge in [-0.25, -0.2) is 4.98 Å². The molecule has 2 rings (SSSR count). The van der Waals surface area contributed by atoms with Crippen LogP contribution >= 0.6 is 11.5 Å². The Morgan fingerprint density at radius 3 is 3.06 bits per heavy atom. The summed E-state index contributed by atoms with van der Waals surface area (Å²) >= 11 is 1.38. The molecule has 1 aliphatic rings. The Morgan fingerprint density at radius 2 is 2.38 bits per heavy atom. The van der Waals surface area contributed by atoms with Gasteiger partial charge in [-0.05, 0) is 5.92 Å². The molecule has 90 valence electrons. The quantitative estimate of drug-likeness (QED) is 0.872. The van der Waals surface area contributed by atoms with Crippen LogP contribution in [0.4, 0.5) is 5.13 Å². The second-order valence-corrected chi connectivity index (χ2v) is 4.92. The second-order valence-electron chi connectivity index (χ2n) is 4.17. The molecule has 1 fully saturated rings. The Labute approximate surface area is 99.3 Å². The highest BCUT2D eigenvalue weighted by molar-refractivity contribution is 7.09. The normalized spacial score (nSPS) is 21.3. The first kappa shape index (κ1) is 11.8. The number of aromatic nitrogens is 2. The molecule has 0 aliphatic carbocycles. The van der Waals surface area contributed by atoms with Gasteiger partial charge in [0.05, 0.1) is 19.8 Å². The summed E-state index contributed by atoms with van der Waals surface area (Å²) < 4.78 is 15.1. The summed E-state index contributed by atoms with van der Waals surface area (Å²) in [7, 11) is 0. The first-order valence-electron chi connectivity index (χ1n) is 5.52. The SMILES string of the molecule is CC(C)CNc1nc(C2COCCO2)ns1. The minimum absolute atomic E-state index is 0.0976. The Balaban J connectivity index is 1.90. The van der Waals surface area contributed by atoms with Gasteiger partial charge in [-0.1, -0.05) is 13.8 Å². The van der Waals surface area contributed by atoms with E-state index in [1.807, 2.05) is 0 Å². The fourth-order valence-electron chi connectivity index (χ4n) is 1.37. The minimum Gasteiger partial charge on any atom is -0.376 e. The number of nitrogens with one attached hydrogen (secondary N) is 1. The summed E-state index contributed by atoms with van der Waals surface area (Å²) in [5.41, 5.74) is 0. The van der Waals surface area contributed by atoms with Crippen molar-refractivity contribution in [3.63, 3.8) is 0 Å². The molecule has 0 spiro atoms. The largest absolute Gasteiger partial charge is 0.376 e. The van der Waals surface area contributed by atoms with E-state index in [2.05, 4.69) is 28.5 Å². The van der Waals surface area contributed by atoms with Gasteiger partial charge < -0.3 is 14.8 Å². The van der Waals surface area contributed by atoms with Crippen molar-refractivity contribution < 1.29 is 9.47 Å². The number of hydrogen-bond donors (Lipinski definition) is 1. The zero-order chi connectivity index (χ0) is 11.4. The lowest BCUT2D eigenvalue weighted by Crippen LogP contribution is -2.22. The lowest BCUT2D eigenvalue weighted by atomic mass is 10.2. The summed E-state index contributed by atoms with van der Waals surface area (Å²) in [5.74, 6) is 1.33. The fraction of sp³-hybridized carbons (Fsp3) is 0.800. The number of anilines is 1. The molecule has 16 heavy (non-hydrogen) atoms. The predicted octanol–water partition coefficient (Wildman–Crippen LogP) is 1.69. The van der Waals surface area contributed by atoms with Crippen LogP contribution < -0.4 is 5.32 Å². The highest BCUT2D eigenvalue weighted by atomic mass is 32.1. The molecule has 1 N–H and O–H groups in total. The molecule has 0 bridgehead atoms. The molecular formula is C10H17N3O2S. The Kier molecular flexibility index (Phi) is 4.09. The maximum absolute atomic E-state index is 5.53. The third kappa shape index (κ3) is 3.13. The highest BCUT2D eigenvalue weighted by Gasteiger charge is 2.21. The van der Waals surface area contributed by atoms with Crippen LogP contribution in [0.15, 0.2) is 0 Å². The van der Waals surface area contributed by atoms with E-state index in [1.165, 1.54) is 11.5 Å². The summed E-state index contributed by atoms with van der Waals surface area (Å²) in [6.45, 7) is 7.08. The van der Waals surface area contributed by atoms with Crippen molar-refractivity contribution in [3.8, 4) is 0 Å². The van der Waals surface area contributed by atoms with Gasteiger partial charge in [0.1, 0.15) is 6.10 Å². The van der Waals surface area contributed by atoms with Gasteiger partial charge in [0.25, 0.3) is 0 Å². The van der Waals surface area contributed by atoms with Crippen molar-refractivity contribution in [1.82, 2.24) is 9.36 Å². The first-order chi connectivity index (χ1) is 7.75. The lowest BCUT2D eigenvalue weighted by Gasteiger charge is -2.20. The van der Waals surface area contributed by atoms with Crippen molar-refractivity contribution in [2.24, 2.45) is 5.92 Å². The topological polar surface area (TPSA) is 56.3 Å². The molecule has 6 heteroatoms. The molecular weight excluding hydrogens is 226 g/mol. The number of nitrogens with zero attached hydrogens (tertiary/aromatic N) is 2. The van der Waals surface area contributed by atoms with Gasteiger partial charge in [0.2, 0.25) is 5.13 Å². The van der Waals surface area contributed by atoms with Gasteiger partial charge in [-0.3, -0.25) is 0 Å². The molecule has 2 heterocycles. The van der Waals surface area contributed by atoms with Gasteiger partial charge >= 0.3 is 0 Å². The maximum atomic E-state index is 5.53. The van der Waals surface area contributed by atoms with Crippen molar-refractivity contribution >= 4 is 16.7 Å². The summed E-state index contributed by atoms with van der Waals surface area (Å²) in [6.07, 6.45) is -0.0976. The summed E-state index contributed by atoms with van der Waals surface area (Å²) in [5, 5.41) is 4.11. The minimum atomic E-state index is -0.0976. The van der Waals surface area contributed by atoms with Crippen LogP contribution in [-0.2, 0) is 9.47 Å².